The standard InChI is InChI=1S/C26H24N2O4S/c1-17-23(27-25(30)32-18(2)20-7-5-4-6-8-20)22(33-28-17)14-11-19-9-12-21(13-10-19)26(15-16-26)24(29)31-3/h4-10,12-13,18H,15-16H2,1-3H3,(H,27,30)/t18-/m1/s1. The van der Waals surface area contributed by atoms with Crippen LogP contribution in [0, 0.1) is 18.8 Å². The number of hydrogen-bond donors (Lipinski definition) is 1. The largest absolute Gasteiger partial charge is 0.468 e. The summed E-state index contributed by atoms with van der Waals surface area (Å²) in [6.07, 6.45) is 0.669. The zero-order chi connectivity index (χ0) is 23.4. The van der Waals surface area contributed by atoms with Crippen LogP contribution in [0.2, 0.25) is 0 Å². The minimum absolute atomic E-state index is 0.189. The van der Waals surface area contributed by atoms with Gasteiger partial charge in [-0.05, 0) is 67.4 Å². The van der Waals surface area contributed by atoms with Crippen molar-refractivity contribution in [2.24, 2.45) is 0 Å². The van der Waals surface area contributed by atoms with Crippen molar-refractivity contribution < 1.29 is 19.1 Å². The third-order valence-corrected chi connectivity index (χ3v) is 6.58. The number of benzene rings is 2. The van der Waals surface area contributed by atoms with Gasteiger partial charge in [0.1, 0.15) is 11.0 Å². The molecule has 6 nitrogen and oxygen atoms in total. The highest BCUT2D eigenvalue weighted by molar-refractivity contribution is 7.07. The first-order valence-corrected chi connectivity index (χ1v) is 11.4. The number of anilines is 1. The molecular formula is C26H24N2O4S. The molecule has 1 aliphatic rings. The van der Waals surface area contributed by atoms with Gasteiger partial charge in [-0.3, -0.25) is 10.1 Å². The smallest absolute Gasteiger partial charge is 0.412 e. The first kappa shape index (κ1) is 22.6. The molecule has 168 valence electrons. The van der Waals surface area contributed by atoms with Crippen LogP contribution in [0.5, 0.6) is 0 Å². The third kappa shape index (κ3) is 4.91. The van der Waals surface area contributed by atoms with E-state index in [1.54, 1.807) is 0 Å². The number of methoxy groups -OCH3 is 1. The summed E-state index contributed by atoms with van der Waals surface area (Å²) < 4.78 is 14.8. The van der Waals surface area contributed by atoms with Crippen LogP contribution in [-0.2, 0) is 19.7 Å². The van der Waals surface area contributed by atoms with Crippen LogP contribution in [-0.4, -0.2) is 23.5 Å². The number of nitrogens with one attached hydrogen (secondary N) is 1. The second-order valence-corrected chi connectivity index (χ2v) is 8.73. The molecule has 33 heavy (non-hydrogen) atoms. The molecule has 0 bridgehead atoms. The molecule has 0 unspecified atom stereocenters. The van der Waals surface area contributed by atoms with E-state index >= 15 is 0 Å². The Morgan fingerprint density at radius 3 is 2.42 bits per heavy atom. The highest BCUT2D eigenvalue weighted by Crippen LogP contribution is 2.49. The fourth-order valence-corrected chi connectivity index (χ4v) is 4.33. The molecule has 4 rings (SSSR count). The van der Waals surface area contributed by atoms with Crippen LogP contribution in [0.1, 0.15) is 53.1 Å². The Morgan fingerprint density at radius 1 is 1.09 bits per heavy atom. The van der Waals surface area contributed by atoms with Gasteiger partial charge >= 0.3 is 12.1 Å². The van der Waals surface area contributed by atoms with Gasteiger partial charge in [0, 0.05) is 5.56 Å². The van der Waals surface area contributed by atoms with E-state index in [0.717, 1.165) is 29.5 Å². The van der Waals surface area contributed by atoms with Crippen molar-refractivity contribution in [3.05, 3.63) is 81.9 Å². The molecule has 7 heteroatoms. The Kier molecular flexibility index (Phi) is 6.47. The fraction of sp³-hybridized carbons (Fsp3) is 0.269. The van der Waals surface area contributed by atoms with Gasteiger partial charge in [0.15, 0.2) is 0 Å². The topological polar surface area (TPSA) is 77.5 Å². The van der Waals surface area contributed by atoms with Crippen molar-refractivity contribution in [2.45, 2.75) is 38.2 Å². The lowest BCUT2D eigenvalue weighted by molar-refractivity contribution is -0.143. The molecule has 1 aliphatic carbocycles. The van der Waals surface area contributed by atoms with Gasteiger partial charge in [0.2, 0.25) is 0 Å². The average molecular weight is 461 g/mol. The van der Waals surface area contributed by atoms with E-state index in [9.17, 15) is 9.59 Å². The van der Waals surface area contributed by atoms with Crippen LogP contribution >= 0.6 is 11.5 Å². The molecule has 3 aromatic rings. The Balaban J connectivity index is 1.45. The average Bonchev–Trinajstić information content (AvgIpc) is 3.58. The summed E-state index contributed by atoms with van der Waals surface area (Å²) in [5, 5.41) is 2.78. The van der Waals surface area contributed by atoms with Crippen molar-refractivity contribution in [2.75, 3.05) is 12.4 Å². The maximum Gasteiger partial charge on any atom is 0.412 e. The van der Waals surface area contributed by atoms with E-state index in [2.05, 4.69) is 21.5 Å². The van der Waals surface area contributed by atoms with Gasteiger partial charge in [-0.15, -0.1) is 0 Å². The van der Waals surface area contributed by atoms with E-state index in [-0.39, 0.29) is 12.1 Å². The van der Waals surface area contributed by atoms with Gasteiger partial charge in [-0.2, -0.15) is 4.37 Å². The lowest BCUT2D eigenvalue weighted by Gasteiger charge is -2.14. The number of rotatable bonds is 5. The van der Waals surface area contributed by atoms with E-state index in [1.807, 2.05) is 68.4 Å². The highest BCUT2D eigenvalue weighted by atomic mass is 32.1. The molecule has 1 N–H and O–H groups in total. The molecule has 0 aliphatic heterocycles. The summed E-state index contributed by atoms with van der Waals surface area (Å²) in [6, 6.07) is 17.2. The van der Waals surface area contributed by atoms with Crippen LogP contribution in [0.15, 0.2) is 54.6 Å². The Bertz CT molecular complexity index is 1220. The summed E-state index contributed by atoms with van der Waals surface area (Å²) in [5.41, 5.74) is 3.40. The minimum atomic E-state index is -0.556. The molecule has 2 aromatic carbocycles. The van der Waals surface area contributed by atoms with E-state index in [4.69, 9.17) is 9.47 Å². The number of aryl methyl sites for hydroxylation is 1. The van der Waals surface area contributed by atoms with Gasteiger partial charge in [0.05, 0.1) is 23.9 Å². The van der Waals surface area contributed by atoms with Crippen LogP contribution < -0.4 is 5.32 Å². The number of carbonyl (C=O) groups excluding carboxylic acids is 2. The SMILES string of the molecule is COC(=O)C1(c2ccc(C#Cc3snc(C)c3NC(=O)O[C@H](C)c3ccccc3)cc2)CC1. The summed E-state index contributed by atoms with van der Waals surface area (Å²) in [7, 11) is 1.42. The molecule has 1 fully saturated rings. The molecule has 1 amide bonds. The van der Waals surface area contributed by atoms with E-state index in [1.165, 1.54) is 18.6 Å². The number of amides is 1. The lowest BCUT2D eigenvalue weighted by Crippen LogP contribution is -2.21. The van der Waals surface area contributed by atoms with Gasteiger partial charge in [0.25, 0.3) is 0 Å². The number of carbonyl (C=O) groups is 2. The maximum absolute atomic E-state index is 12.4. The van der Waals surface area contributed by atoms with E-state index < -0.39 is 11.5 Å². The predicted octanol–water partition coefficient (Wildman–Crippen LogP) is 5.37. The number of ether oxygens (including phenoxy) is 2. The maximum atomic E-state index is 12.4. The van der Waals surface area contributed by atoms with Crippen molar-refractivity contribution >= 4 is 29.3 Å². The molecule has 1 atom stereocenters. The van der Waals surface area contributed by atoms with Gasteiger partial charge in [-0.1, -0.05) is 48.4 Å². The molecule has 0 saturated heterocycles. The number of hydrogen-bond acceptors (Lipinski definition) is 6. The zero-order valence-corrected chi connectivity index (χ0v) is 19.5. The Labute approximate surface area is 197 Å². The van der Waals surface area contributed by atoms with Crippen molar-refractivity contribution in [1.82, 2.24) is 4.37 Å². The molecular weight excluding hydrogens is 436 g/mol. The fourth-order valence-electron chi connectivity index (χ4n) is 3.62. The number of esters is 1. The molecule has 1 heterocycles. The van der Waals surface area contributed by atoms with Crippen molar-refractivity contribution in [1.29, 1.82) is 0 Å². The van der Waals surface area contributed by atoms with E-state index in [0.29, 0.717) is 16.3 Å². The van der Waals surface area contributed by atoms with Gasteiger partial charge in [-0.25, -0.2) is 4.79 Å². The first-order valence-electron chi connectivity index (χ1n) is 10.6. The number of aromatic nitrogens is 1. The monoisotopic (exact) mass is 460 g/mol. The summed E-state index contributed by atoms with van der Waals surface area (Å²) >= 11 is 1.22. The van der Waals surface area contributed by atoms with Crippen molar-refractivity contribution in [3.63, 3.8) is 0 Å². The molecule has 1 saturated carbocycles. The zero-order valence-electron chi connectivity index (χ0n) is 18.7. The van der Waals surface area contributed by atoms with Crippen LogP contribution in [0.3, 0.4) is 0 Å². The molecule has 0 spiro atoms. The summed E-state index contributed by atoms with van der Waals surface area (Å²) in [5.74, 6) is 6.01. The third-order valence-electron chi connectivity index (χ3n) is 5.73. The second kappa shape index (κ2) is 9.47. The normalized spacial score (nSPS) is 14.4. The first-order chi connectivity index (χ1) is 15.9. The Hall–Kier alpha value is -3.63. The second-order valence-electron chi connectivity index (χ2n) is 7.96. The number of nitrogens with zero attached hydrogens (tertiary/aromatic N) is 1. The minimum Gasteiger partial charge on any atom is -0.468 e. The molecule has 1 aromatic heterocycles. The lowest BCUT2D eigenvalue weighted by atomic mass is 9.95. The summed E-state index contributed by atoms with van der Waals surface area (Å²) in [4.78, 5) is 25.2. The quantitative estimate of drug-likeness (QED) is 0.409. The molecule has 0 radical (unpaired) electrons. The van der Waals surface area contributed by atoms with Crippen LogP contribution in [0.4, 0.5) is 10.5 Å². The summed E-state index contributed by atoms with van der Waals surface area (Å²) in [6.45, 7) is 3.64. The highest BCUT2D eigenvalue weighted by Gasteiger charge is 2.52. The predicted molar refractivity (Wildman–Crippen MR) is 127 cm³/mol. The van der Waals surface area contributed by atoms with Crippen LogP contribution in [0.25, 0.3) is 0 Å². The Morgan fingerprint density at radius 2 is 1.79 bits per heavy atom. The van der Waals surface area contributed by atoms with Crippen molar-refractivity contribution in [3.8, 4) is 11.8 Å². The van der Waals surface area contributed by atoms with Gasteiger partial charge < -0.3 is 9.47 Å².